The molecule has 1 aliphatic carbocycles. The van der Waals surface area contributed by atoms with Crippen molar-refractivity contribution in [1.82, 2.24) is 0 Å². The van der Waals surface area contributed by atoms with Crippen molar-refractivity contribution < 1.29 is 0 Å². The molecule has 106 valence electrons. The van der Waals surface area contributed by atoms with Crippen molar-refractivity contribution in [2.45, 2.75) is 69.1 Å². The highest BCUT2D eigenvalue weighted by atomic mass is 32.2. The van der Waals surface area contributed by atoms with Gasteiger partial charge in [0.15, 0.2) is 0 Å². The van der Waals surface area contributed by atoms with Gasteiger partial charge in [-0.05, 0) is 56.4 Å². The number of nitrogens with one attached hydrogen (secondary N) is 1. The minimum absolute atomic E-state index is 0.549. The third kappa shape index (κ3) is 5.10. The highest BCUT2D eigenvalue weighted by Gasteiger charge is 2.15. The van der Waals surface area contributed by atoms with Crippen LogP contribution in [-0.2, 0) is 0 Å². The Morgan fingerprint density at radius 3 is 2.32 bits per heavy atom. The van der Waals surface area contributed by atoms with Crippen LogP contribution in [0.2, 0.25) is 0 Å². The second-order valence-corrected chi connectivity index (χ2v) is 7.60. The molecule has 1 unspecified atom stereocenters. The number of thioether (sulfide) groups is 1. The maximum atomic E-state index is 3.58. The van der Waals surface area contributed by atoms with Gasteiger partial charge >= 0.3 is 0 Å². The molecule has 1 nitrogen and oxygen atoms in total. The molecule has 1 aromatic carbocycles. The zero-order valence-electron chi connectivity index (χ0n) is 12.5. The summed E-state index contributed by atoms with van der Waals surface area (Å²) < 4.78 is 0. The number of hydrogen-bond donors (Lipinski definition) is 1. The van der Waals surface area contributed by atoms with Crippen LogP contribution in [0, 0.1) is 5.92 Å². The molecule has 0 spiro atoms. The summed E-state index contributed by atoms with van der Waals surface area (Å²) in [5.41, 5.74) is 1.25. The Kier molecular flexibility index (Phi) is 5.62. The highest BCUT2D eigenvalue weighted by molar-refractivity contribution is 8.00. The number of rotatable bonds is 6. The SMILES string of the molecule is CC(C)CC(C)Nc1ccc(SC2CCCC2)cc1. The molecule has 1 aliphatic rings. The van der Waals surface area contributed by atoms with E-state index in [1.807, 2.05) is 0 Å². The van der Waals surface area contributed by atoms with Crippen molar-refractivity contribution in [2.75, 3.05) is 5.32 Å². The molecule has 0 saturated heterocycles. The van der Waals surface area contributed by atoms with Crippen LogP contribution in [0.5, 0.6) is 0 Å². The van der Waals surface area contributed by atoms with Crippen LogP contribution in [0.3, 0.4) is 0 Å². The van der Waals surface area contributed by atoms with E-state index < -0.39 is 0 Å². The van der Waals surface area contributed by atoms with Crippen molar-refractivity contribution >= 4 is 17.4 Å². The average molecular weight is 277 g/mol. The van der Waals surface area contributed by atoms with E-state index >= 15 is 0 Å². The van der Waals surface area contributed by atoms with Gasteiger partial charge in [-0.2, -0.15) is 0 Å². The van der Waals surface area contributed by atoms with Crippen molar-refractivity contribution in [2.24, 2.45) is 5.92 Å². The van der Waals surface area contributed by atoms with Gasteiger partial charge in [0.05, 0.1) is 0 Å². The predicted molar refractivity (Wildman–Crippen MR) is 87.1 cm³/mol. The monoisotopic (exact) mass is 277 g/mol. The third-order valence-corrected chi connectivity index (χ3v) is 5.05. The Morgan fingerprint density at radius 1 is 1.11 bits per heavy atom. The summed E-state index contributed by atoms with van der Waals surface area (Å²) >= 11 is 2.06. The van der Waals surface area contributed by atoms with E-state index in [1.165, 1.54) is 42.7 Å². The molecular weight excluding hydrogens is 250 g/mol. The first kappa shape index (κ1) is 14.8. The molecule has 0 aliphatic heterocycles. The molecular formula is C17H27NS. The van der Waals surface area contributed by atoms with Crippen LogP contribution in [0.15, 0.2) is 29.2 Å². The summed E-state index contributed by atoms with van der Waals surface area (Å²) in [5.74, 6) is 0.750. The number of anilines is 1. The fourth-order valence-corrected chi connectivity index (χ4v) is 4.13. The molecule has 2 rings (SSSR count). The van der Waals surface area contributed by atoms with Crippen LogP contribution in [0.4, 0.5) is 5.69 Å². The Balaban J connectivity index is 1.83. The maximum absolute atomic E-state index is 3.58. The predicted octanol–water partition coefficient (Wildman–Crippen LogP) is 5.57. The molecule has 0 bridgehead atoms. The normalized spacial score (nSPS) is 17.9. The van der Waals surface area contributed by atoms with Gasteiger partial charge in [0, 0.05) is 21.9 Å². The lowest BCUT2D eigenvalue weighted by Crippen LogP contribution is -2.17. The van der Waals surface area contributed by atoms with Crippen molar-refractivity contribution in [1.29, 1.82) is 0 Å². The lowest BCUT2D eigenvalue weighted by Gasteiger charge is -2.17. The Hall–Kier alpha value is -0.630. The molecule has 19 heavy (non-hydrogen) atoms. The molecule has 2 heteroatoms. The molecule has 0 heterocycles. The van der Waals surface area contributed by atoms with Gasteiger partial charge in [-0.25, -0.2) is 0 Å². The lowest BCUT2D eigenvalue weighted by molar-refractivity contribution is 0.540. The van der Waals surface area contributed by atoms with E-state index in [4.69, 9.17) is 0 Å². The van der Waals surface area contributed by atoms with Crippen molar-refractivity contribution in [3.05, 3.63) is 24.3 Å². The maximum Gasteiger partial charge on any atom is 0.0342 e. The molecule has 1 N–H and O–H groups in total. The molecule has 1 atom stereocenters. The number of benzene rings is 1. The second kappa shape index (κ2) is 7.23. The minimum atomic E-state index is 0.549. The van der Waals surface area contributed by atoms with Crippen LogP contribution in [0.1, 0.15) is 52.9 Å². The van der Waals surface area contributed by atoms with Gasteiger partial charge in [0.2, 0.25) is 0 Å². The molecule has 0 aromatic heterocycles. The van der Waals surface area contributed by atoms with Crippen LogP contribution in [0.25, 0.3) is 0 Å². The summed E-state index contributed by atoms with van der Waals surface area (Å²) in [6, 6.07) is 9.55. The summed E-state index contributed by atoms with van der Waals surface area (Å²) in [7, 11) is 0. The smallest absolute Gasteiger partial charge is 0.0342 e. The summed E-state index contributed by atoms with van der Waals surface area (Å²) in [6.45, 7) is 6.82. The van der Waals surface area contributed by atoms with E-state index in [1.54, 1.807) is 0 Å². The first-order valence-corrected chi connectivity index (χ1v) is 8.54. The Bertz CT molecular complexity index is 365. The molecule has 0 radical (unpaired) electrons. The molecule has 1 fully saturated rings. The van der Waals surface area contributed by atoms with Crippen LogP contribution < -0.4 is 5.32 Å². The van der Waals surface area contributed by atoms with E-state index in [2.05, 4.69) is 62.1 Å². The minimum Gasteiger partial charge on any atom is -0.383 e. The third-order valence-electron chi connectivity index (χ3n) is 3.70. The van der Waals surface area contributed by atoms with Gasteiger partial charge in [-0.15, -0.1) is 11.8 Å². The van der Waals surface area contributed by atoms with Crippen LogP contribution >= 0.6 is 11.8 Å². The number of hydrogen-bond acceptors (Lipinski definition) is 2. The standard InChI is InChI=1S/C17H27NS/c1-13(2)12-14(3)18-15-8-10-17(11-9-15)19-16-6-4-5-7-16/h8-11,13-14,16,18H,4-7,12H2,1-3H3. The van der Waals surface area contributed by atoms with Gasteiger partial charge in [-0.3, -0.25) is 0 Å². The largest absolute Gasteiger partial charge is 0.383 e. The van der Waals surface area contributed by atoms with Crippen LogP contribution in [-0.4, -0.2) is 11.3 Å². The second-order valence-electron chi connectivity index (χ2n) is 6.22. The Morgan fingerprint density at radius 2 is 1.74 bits per heavy atom. The fraction of sp³-hybridized carbons (Fsp3) is 0.647. The zero-order chi connectivity index (χ0) is 13.7. The molecule has 0 amide bonds. The fourth-order valence-electron chi connectivity index (χ4n) is 2.88. The van der Waals surface area contributed by atoms with Crippen molar-refractivity contribution in [3.63, 3.8) is 0 Å². The van der Waals surface area contributed by atoms with Gasteiger partial charge in [0.25, 0.3) is 0 Å². The molecule has 1 saturated carbocycles. The average Bonchev–Trinajstić information content (AvgIpc) is 2.83. The van der Waals surface area contributed by atoms with Crippen molar-refractivity contribution in [3.8, 4) is 0 Å². The quantitative estimate of drug-likeness (QED) is 0.729. The lowest BCUT2D eigenvalue weighted by atomic mass is 10.1. The van der Waals surface area contributed by atoms with E-state index in [0.29, 0.717) is 6.04 Å². The zero-order valence-corrected chi connectivity index (χ0v) is 13.3. The topological polar surface area (TPSA) is 12.0 Å². The first-order valence-electron chi connectivity index (χ1n) is 7.66. The van der Waals surface area contributed by atoms with Gasteiger partial charge in [-0.1, -0.05) is 26.7 Å². The van der Waals surface area contributed by atoms with Gasteiger partial charge in [0.1, 0.15) is 0 Å². The molecule has 1 aromatic rings. The van der Waals surface area contributed by atoms with E-state index in [-0.39, 0.29) is 0 Å². The van der Waals surface area contributed by atoms with E-state index in [9.17, 15) is 0 Å². The summed E-state index contributed by atoms with van der Waals surface area (Å²) in [6.07, 6.45) is 6.86. The Labute approximate surface area is 122 Å². The first-order chi connectivity index (χ1) is 9.13. The summed E-state index contributed by atoms with van der Waals surface area (Å²) in [5, 5.41) is 4.44. The van der Waals surface area contributed by atoms with E-state index in [0.717, 1.165) is 11.2 Å². The summed E-state index contributed by atoms with van der Waals surface area (Å²) in [4.78, 5) is 1.42. The highest BCUT2D eigenvalue weighted by Crippen LogP contribution is 2.35. The van der Waals surface area contributed by atoms with Gasteiger partial charge < -0.3 is 5.32 Å².